The van der Waals surface area contributed by atoms with Crippen LogP contribution in [-0.2, 0) is 27.3 Å². The predicted octanol–water partition coefficient (Wildman–Crippen LogP) is 2.49. The molecule has 0 heterocycles. The highest BCUT2D eigenvalue weighted by Crippen LogP contribution is 2.11. The summed E-state index contributed by atoms with van der Waals surface area (Å²) in [5.41, 5.74) is 1.99. The number of hydrogen-bond acceptors (Lipinski definition) is 3. The first-order valence-corrected chi connectivity index (χ1v) is 5.60. The maximum atomic E-state index is 11.2. The summed E-state index contributed by atoms with van der Waals surface area (Å²) in [6.45, 7) is 4.80. The first-order chi connectivity index (χ1) is 8.27. The first-order valence-electron chi connectivity index (χ1n) is 5.60. The Bertz CT molecular complexity index is 371. The van der Waals surface area contributed by atoms with E-state index in [0.29, 0.717) is 13.2 Å². The van der Waals surface area contributed by atoms with Gasteiger partial charge in [-0.1, -0.05) is 30.3 Å². The molecule has 0 saturated heterocycles. The molecule has 0 atom stereocenters. The minimum Gasteiger partial charge on any atom is -0.469 e. The molecule has 0 N–H and O–H groups in total. The minimum atomic E-state index is -0.233. The third-order valence-electron chi connectivity index (χ3n) is 2.40. The van der Waals surface area contributed by atoms with Crippen molar-refractivity contribution in [3.63, 3.8) is 0 Å². The number of ether oxygens (including phenoxy) is 2. The Labute approximate surface area is 102 Å². The van der Waals surface area contributed by atoms with Crippen molar-refractivity contribution in [3.8, 4) is 0 Å². The molecule has 0 aliphatic carbocycles. The molecule has 1 rings (SSSR count). The van der Waals surface area contributed by atoms with E-state index in [2.05, 4.69) is 11.3 Å². The van der Waals surface area contributed by atoms with Gasteiger partial charge in [-0.05, 0) is 17.5 Å². The van der Waals surface area contributed by atoms with Gasteiger partial charge in [-0.25, -0.2) is 0 Å². The molecule has 0 fully saturated rings. The van der Waals surface area contributed by atoms with Gasteiger partial charge in [0.1, 0.15) is 0 Å². The van der Waals surface area contributed by atoms with Gasteiger partial charge in [-0.15, -0.1) is 6.58 Å². The van der Waals surface area contributed by atoms with Crippen molar-refractivity contribution in [2.75, 3.05) is 13.7 Å². The van der Waals surface area contributed by atoms with Gasteiger partial charge in [0, 0.05) is 0 Å². The summed E-state index contributed by atoms with van der Waals surface area (Å²) in [5, 5.41) is 0. The normalized spacial score (nSPS) is 9.94. The van der Waals surface area contributed by atoms with E-state index < -0.39 is 0 Å². The highest BCUT2D eigenvalue weighted by Gasteiger charge is 2.07. The Kier molecular flexibility index (Phi) is 6.04. The second kappa shape index (κ2) is 7.63. The minimum absolute atomic E-state index is 0.233. The zero-order chi connectivity index (χ0) is 12.5. The number of esters is 1. The lowest BCUT2D eigenvalue weighted by atomic mass is 10.1. The monoisotopic (exact) mass is 234 g/mol. The van der Waals surface area contributed by atoms with Crippen LogP contribution in [0, 0.1) is 0 Å². The SMILES string of the molecule is C=CCCOCc1ccccc1CC(=O)OC. The number of benzene rings is 1. The summed E-state index contributed by atoms with van der Waals surface area (Å²) >= 11 is 0. The molecule has 0 aliphatic rings. The quantitative estimate of drug-likeness (QED) is 0.413. The van der Waals surface area contributed by atoms with Gasteiger partial charge in [0.2, 0.25) is 0 Å². The van der Waals surface area contributed by atoms with E-state index in [-0.39, 0.29) is 12.4 Å². The van der Waals surface area contributed by atoms with Crippen LogP contribution in [-0.4, -0.2) is 19.7 Å². The zero-order valence-corrected chi connectivity index (χ0v) is 10.1. The van der Waals surface area contributed by atoms with Crippen LogP contribution < -0.4 is 0 Å². The molecule has 3 nitrogen and oxygen atoms in total. The second-order valence-electron chi connectivity index (χ2n) is 3.65. The summed E-state index contributed by atoms with van der Waals surface area (Å²) in [7, 11) is 1.39. The lowest BCUT2D eigenvalue weighted by Gasteiger charge is -2.08. The molecule has 3 heteroatoms. The Balaban J connectivity index is 2.57. The molecule has 0 aromatic heterocycles. The molecule has 0 amide bonds. The standard InChI is InChI=1S/C14H18O3/c1-3-4-9-17-11-13-8-6-5-7-12(13)10-14(15)16-2/h3,5-8H,1,4,9-11H2,2H3. The fraction of sp³-hybridized carbons (Fsp3) is 0.357. The smallest absolute Gasteiger partial charge is 0.309 e. The summed E-state index contributed by atoms with van der Waals surface area (Å²) < 4.78 is 10.2. The van der Waals surface area contributed by atoms with Crippen molar-refractivity contribution in [2.45, 2.75) is 19.4 Å². The number of carbonyl (C=O) groups excluding carboxylic acids is 1. The fourth-order valence-electron chi connectivity index (χ4n) is 1.45. The van der Waals surface area contributed by atoms with E-state index >= 15 is 0 Å². The number of methoxy groups -OCH3 is 1. The molecule has 1 aromatic carbocycles. The maximum Gasteiger partial charge on any atom is 0.309 e. The van der Waals surface area contributed by atoms with E-state index in [1.165, 1.54) is 7.11 Å². The topological polar surface area (TPSA) is 35.5 Å². The average molecular weight is 234 g/mol. The van der Waals surface area contributed by atoms with Gasteiger partial charge in [0.25, 0.3) is 0 Å². The van der Waals surface area contributed by atoms with Crippen LogP contribution in [0.15, 0.2) is 36.9 Å². The van der Waals surface area contributed by atoms with E-state index in [0.717, 1.165) is 17.5 Å². The summed E-state index contributed by atoms with van der Waals surface area (Å²) in [6.07, 6.45) is 2.94. The Morgan fingerprint density at radius 3 is 2.71 bits per heavy atom. The maximum absolute atomic E-state index is 11.2. The van der Waals surface area contributed by atoms with E-state index in [4.69, 9.17) is 4.74 Å². The molecule has 17 heavy (non-hydrogen) atoms. The van der Waals surface area contributed by atoms with Crippen LogP contribution in [0.4, 0.5) is 0 Å². The Hall–Kier alpha value is -1.61. The highest BCUT2D eigenvalue weighted by atomic mass is 16.5. The lowest BCUT2D eigenvalue weighted by Crippen LogP contribution is -2.07. The van der Waals surface area contributed by atoms with E-state index in [9.17, 15) is 4.79 Å². The van der Waals surface area contributed by atoms with Gasteiger partial charge in [-0.3, -0.25) is 4.79 Å². The average Bonchev–Trinajstić information content (AvgIpc) is 2.36. The van der Waals surface area contributed by atoms with E-state index in [1.54, 1.807) is 0 Å². The third-order valence-corrected chi connectivity index (χ3v) is 2.40. The predicted molar refractivity (Wildman–Crippen MR) is 66.6 cm³/mol. The van der Waals surface area contributed by atoms with Gasteiger partial charge in [-0.2, -0.15) is 0 Å². The van der Waals surface area contributed by atoms with Crippen molar-refractivity contribution >= 4 is 5.97 Å². The highest BCUT2D eigenvalue weighted by molar-refractivity contribution is 5.72. The fourth-order valence-corrected chi connectivity index (χ4v) is 1.45. The third kappa shape index (κ3) is 4.83. The number of carbonyl (C=O) groups is 1. The van der Waals surface area contributed by atoms with Crippen LogP contribution in [0.3, 0.4) is 0 Å². The molecular weight excluding hydrogens is 216 g/mol. The second-order valence-corrected chi connectivity index (χ2v) is 3.65. The molecule has 0 bridgehead atoms. The van der Waals surface area contributed by atoms with Gasteiger partial charge < -0.3 is 9.47 Å². The summed E-state index contributed by atoms with van der Waals surface area (Å²) in [5.74, 6) is -0.233. The van der Waals surface area contributed by atoms with Crippen molar-refractivity contribution in [3.05, 3.63) is 48.0 Å². The van der Waals surface area contributed by atoms with Gasteiger partial charge >= 0.3 is 5.97 Å². The van der Waals surface area contributed by atoms with Crippen LogP contribution >= 0.6 is 0 Å². The number of rotatable bonds is 7. The molecule has 0 spiro atoms. The molecule has 92 valence electrons. The van der Waals surface area contributed by atoms with Crippen LogP contribution in [0.1, 0.15) is 17.5 Å². The Morgan fingerprint density at radius 2 is 2.06 bits per heavy atom. The zero-order valence-electron chi connectivity index (χ0n) is 10.1. The summed E-state index contributed by atoms with van der Waals surface area (Å²) in [4.78, 5) is 11.2. The lowest BCUT2D eigenvalue weighted by molar-refractivity contribution is -0.139. The molecule has 0 unspecified atom stereocenters. The Morgan fingerprint density at radius 1 is 1.35 bits per heavy atom. The van der Waals surface area contributed by atoms with Crippen LogP contribution in [0.25, 0.3) is 0 Å². The summed E-state index contributed by atoms with van der Waals surface area (Å²) in [6, 6.07) is 7.73. The number of hydrogen-bond donors (Lipinski definition) is 0. The largest absolute Gasteiger partial charge is 0.469 e. The van der Waals surface area contributed by atoms with Gasteiger partial charge in [0.05, 0.1) is 26.7 Å². The van der Waals surface area contributed by atoms with Gasteiger partial charge in [0.15, 0.2) is 0 Å². The molecule has 0 aliphatic heterocycles. The van der Waals surface area contributed by atoms with E-state index in [1.807, 2.05) is 30.3 Å². The van der Waals surface area contributed by atoms with Crippen molar-refractivity contribution in [1.82, 2.24) is 0 Å². The van der Waals surface area contributed by atoms with Crippen molar-refractivity contribution in [1.29, 1.82) is 0 Å². The first kappa shape index (κ1) is 13.5. The molecule has 0 radical (unpaired) electrons. The van der Waals surface area contributed by atoms with Crippen LogP contribution in [0.5, 0.6) is 0 Å². The molecule has 1 aromatic rings. The molecule has 0 saturated carbocycles. The van der Waals surface area contributed by atoms with Crippen molar-refractivity contribution in [2.24, 2.45) is 0 Å². The van der Waals surface area contributed by atoms with Crippen LogP contribution in [0.2, 0.25) is 0 Å². The van der Waals surface area contributed by atoms with Crippen molar-refractivity contribution < 1.29 is 14.3 Å². The molecular formula is C14H18O3.